The van der Waals surface area contributed by atoms with E-state index in [2.05, 4.69) is 20.1 Å². The van der Waals surface area contributed by atoms with Crippen LogP contribution < -0.4 is 0 Å². The van der Waals surface area contributed by atoms with Crippen LogP contribution in [0.3, 0.4) is 0 Å². The van der Waals surface area contributed by atoms with Crippen molar-refractivity contribution in [3.05, 3.63) is 30.9 Å². The van der Waals surface area contributed by atoms with E-state index < -0.39 is 0 Å². The van der Waals surface area contributed by atoms with Crippen LogP contribution in [0.15, 0.2) is 30.9 Å². The number of hydrogen-bond donors (Lipinski definition) is 0. The van der Waals surface area contributed by atoms with Crippen LogP contribution in [0.4, 0.5) is 0 Å². The summed E-state index contributed by atoms with van der Waals surface area (Å²) in [6, 6.07) is 3.81. The SMILES string of the molecule is c1cnc2nc3ncnn3cc2c1. The predicted octanol–water partition coefficient (Wildman–Crippen LogP) is 0.672. The Morgan fingerprint density at radius 2 is 2.23 bits per heavy atom. The van der Waals surface area contributed by atoms with E-state index in [1.54, 1.807) is 10.7 Å². The molecule has 0 radical (unpaired) electrons. The molecule has 0 saturated heterocycles. The van der Waals surface area contributed by atoms with E-state index in [0.29, 0.717) is 11.4 Å². The van der Waals surface area contributed by atoms with Gasteiger partial charge >= 0.3 is 0 Å². The first-order valence-electron chi connectivity index (χ1n) is 3.84. The normalized spacial score (nSPS) is 11.1. The van der Waals surface area contributed by atoms with E-state index in [1.807, 2.05) is 18.3 Å². The summed E-state index contributed by atoms with van der Waals surface area (Å²) in [5, 5.41) is 4.94. The van der Waals surface area contributed by atoms with Gasteiger partial charge in [-0.2, -0.15) is 15.1 Å². The molecule has 0 N–H and O–H groups in total. The Labute approximate surface area is 73.1 Å². The molecular formula is C8H5N5. The monoisotopic (exact) mass is 171 g/mol. The van der Waals surface area contributed by atoms with Gasteiger partial charge in [-0.1, -0.05) is 0 Å². The lowest BCUT2D eigenvalue weighted by Gasteiger charge is -1.94. The molecule has 3 aromatic rings. The third-order valence-electron chi connectivity index (χ3n) is 1.84. The Kier molecular flexibility index (Phi) is 1.11. The zero-order valence-corrected chi connectivity index (χ0v) is 6.62. The lowest BCUT2D eigenvalue weighted by atomic mass is 10.3. The first-order valence-corrected chi connectivity index (χ1v) is 3.84. The number of aromatic nitrogens is 5. The molecule has 3 heterocycles. The zero-order chi connectivity index (χ0) is 8.67. The number of fused-ring (bicyclic) bond motifs is 2. The van der Waals surface area contributed by atoms with E-state index >= 15 is 0 Å². The molecule has 0 fully saturated rings. The molecule has 0 aliphatic rings. The highest BCUT2D eigenvalue weighted by Crippen LogP contribution is 2.07. The lowest BCUT2D eigenvalue weighted by Crippen LogP contribution is -1.92. The van der Waals surface area contributed by atoms with E-state index in [4.69, 9.17) is 0 Å². The van der Waals surface area contributed by atoms with Crippen LogP contribution in [-0.4, -0.2) is 24.6 Å². The fraction of sp³-hybridized carbons (Fsp3) is 0. The second-order valence-electron chi connectivity index (χ2n) is 2.66. The molecule has 3 rings (SSSR count). The number of hydrogen-bond acceptors (Lipinski definition) is 4. The molecule has 0 amide bonds. The van der Waals surface area contributed by atoms with E-state index in [9.17, 15) is 0 Å². The molecule has 0 aliphatic carbocycles. The van der Waals surface area contributed by atoms with Crippen LogP contribution in [0.25, 0.3) is 16.8 Å². The molecule has 62 valence electrons. The summed E-state index contributed by atoms with van der Waals surface area (Å²) in [5.74, 6) is 0.575. The molecule has 3 aromatic heterocycles. The van der Waals surface area contributed by atoms with Crippen LogP contribution in [0.2, 0.25) is 0 Å². The standard InChI is InChI=1S/C8H5N5/c1-2-6-4-13-8(10-5-11-13)12-7(6)9-3-1/h1-5H. The van der Waals surface area contributed by atoms with Gasteiger partial charge in [0.1, 0.15) is 6.33 Å². The highest BCUT2D eigenvalue weighted by atomic mass is 15.3. The second kappa shape index (κ2) is 2.22. The number of rotatable bonds is 0. The average molecular weight is 171 g/mol. The summed E-state index contributed by atoms with van der Waals surface area (Å²) in [4.78, 5) is 12.3. The summed E-state index contributed by atoms with van der Waals surface area (Å²) in [5.41, 5.74) is 0.697. The van der Waals surface area contributed by atoms with Crippen molar-refractivity contribution < 1.29 is 0 Å². The quantitative estimate of drug-likeness (QED) is 0.499. The van der Waals surface area contributed by atoms with Gasteiger partial charge in [-0.25, -0.2) is 9.50 Å². The molecular weight excluding hydrogens is 166 g/mol. The summed E-state index contributed by atoms with van der Waals surface area (Å²) in [6.07, 6.45) is 5.04. The van der Waals surface area contributed by atoms with Crippen molar-refractivity contribution in [3.8, 4) is 0 Å². The Balaban J connectivity index is 2.57. The Bertz CT molecular complexity index is 521. The fourth-order valence-corrected chi connectivity index (χ4v) is 1.25. The maximum atomic E-state index is 4.22. The number of pyridine rings is 1. The summed E-state index contributed by atoms with van der Waals surface area (Å²) >= 11 is 0. The summed E-state index contributed by atoms with van der Waals surface area (Å²) in [6.45, 7) is 0. The average Bonchev–Trinajstić information content (AvgIpc) is 2.61. The van der Waals surface area contributed by atoms with E-state index in [0.717, 1.165) is 5.39 Å². The van der Waals surface area contributed by atoms with Gasteiger partial charge in [-0.3, -0.25) is 0 Å². The van der Waals surface area contributed by atoms with Crippen molar-refractivity contribution in [1.82, 2.24) is 24.6 Å². The van der Waals surface area contributed by atoms with Gasteiger partial charge in [0.05, 0.1) is 0 Å². The molecule has 0 aromatic carbocycles. The van der Waals surface area contributed by atoms with Crippen molar-refractivity contribution in [2.24, 2.45) is 0 Å². The maximum absolute atomic E-state index is 4.22. The Morgan fingerprint density at radius 1 is 1.23 bits per heavy atom. The van der Waals surface area contributed by atoms with Crippen molar-refractivity contribution in [2.75, 3.05) is 0 Å². The van der Waals surface area contributed by atoms with E-state index in [-0.39, 0.29) is 0 Å². The van der Waals surface area contributed by atoms with Crippen LogP contribution in [0.5, 0.6) is 0 Å². The molecule has 5 heteroatoms. The van der Waals surface area contributed by atoms with Crippen molar-refractivity contribution in [2.45, 2.75) is 0 Å². The van der Waals surface area contributed by atoms with Crippen LogP contribution >= 0.6 is 0 Å². The van der Waals surface area contributed by atoms with Gasteiger partial charge in [0.15, 0.2) is 5.65 Å². The maximum Gasteiger partial charge on any atom is 0.254 e. The first-order chi connectivity index (χ1) is 6.43. The molecule has 0 spiro atoms. The Morgan fingerprint density at radius 3 is 3.23 bits per heavy atom. The minimum atomic E-state index is 0.575. The lowest BCUT2D eigenvalue weighted by molar-refractivity contribution is 0.950. The van der Waals surface area contributed by atoms with Crippen molar-refractivity contribution >= 4 is 16.8 Å². The molecule has 5 nitrogen and oxygen atoms in total. The third kappa shape index (κ3) is 0.868. The first kappa shape index (κ1) is 6.47. The number of nitrogens with zero attached hydrogens (tertiary/aromatic N) is 5. The summed E-state index contributed by atoms with van der Waals surface area (Å²) in [7, 11) is 0. The van der Waals surface area contributed by atoms with Crippen molar-refractivity contribution in [1.29, 1.82) is 0 Å². The predicted molar refractivity (Wildman–Crippen MR) is 46.1 cm³/mol. The van der Waals surface area contributed by atoms with Gasteiger partial charge in [-0.05, 0) is 12.1 Å². The Hall–Kier alpha value is -2.04. The molecule has 0 saturated carbocycles. The van der Waals surface area contributed by atoms with Crippen LogP contribution in [0, 0.1) is 0 Å². The smallest absolute Gasteiger partial charge is 0.236 e. The van der Waals surface area contributed by atoms with Gasteiger partial charge in [0, 0.05) is 17.8 Å². The highest BCUT2D eigenvalue weighted by Gasteiger charge is 1.99. The highest BCUT2D eigenvalue weighted by molar-refractivity contribution is 5.74. The minimum Gasteiger partial charge on any atom is -0.236 e. The second-order valence-corrected chi connectivity index (χ2v) is 2.66. The largest absolute Gasteiger partial charge is 0.254 e. The minimum absolute atomic E-state index is 0.575. The van der Waals surface area contributed by atoms with Gasteiger partial charge in [0.25, 0.3) is 5.78 Å². The zero-order valence-electron chi connectivity index (χ0n) is 6.62. The van der Waals surface area contributed by atoms with Gasteiger partial charge in [-0.15, -0.1) is 0 Å². The van der Waals surface area contributed by atoms with Gasteiger partial charge < -0.3 is 0 Å². The molecule has 0 unspecified atom stereocenters. The third-order valence-corrected chi connectivity index (χ3v) is 1.84. The van der Waals surface area contributed by atoms with Crippen LogP contribution in [-0.2, 0) is 0 Å². The molecule has 0 bridgehead atoms. The topological polar surface area (TPSA) is 56.0 Å². The van der Waals surface area contributed by atoms with E-state index in [1.165, 1.54) is 6.33 Å². The fourth-order valence-electron chi connectivity index (χ4n) is 1.25. The summed E-state index contributed by atoms with van der Waals surface area (Å²) < 4.78 is 1.63. The van der Waals surface area contributed by atoms with Gasteiger partial charge in [0.2, 0.25) is 0 Å². The van der Waals surface area contributed by atoms with Crippen molar-refractivity contribution in [3.63, 3.8) is 0 Å². The molecule has 0 aliphatic heterocycles. The molecule has 13 heavy (non-hydrogen) atoms. The molecule has 0 atom stereocenters. The van der Waals surface area contributed by atoms with Crippen LogP contribution in [0.1, 0.15) is 0 Å².